The SMILES string of the molecule is CC1(C)OC[C@@H](C[C@@H]2c3ccccc3Cc3ccc(F)cc3[C@H]2OC(=O)c2ccc([N+](=O)[O-])cc2)O1. The second-order valence-corrected chi connectivity index (χ2v) is 9.64. The number of fused-ring (bicyclic) bond motifs is 2. The number of rotatable bonds is 5. The molecule has 1 saturated heterocycles. The molecule has 8 heteroatoms. The molecule has 186 valence electrons. The van der Waals surface area contributed by atoms with Gasteiger partial charge in [-0.25, -0.2) is 9.18 Å². The fraction of sp³-hybridized carbons (Fsp3) is 0.321. The van der Waals surface area contributed by atoms with E-state index in [1.807, 2.05) is 38.1 Å². The summed E-state index contributed by atoms with van der Waals surface area (Å²) in [5.41, 5.74) is 3.60. The number of carbonyl (C=O) groups excluding carboxylic acids is 1. The van der Waals surface area contributed by atoms with Gasteiger partial charge in [-0.05, 0) is 73.2 Å². The minimum absolute atomic E-state index is 0.124. The van der Waals surface area contributed by atoms with E-state index < -0.39 is 28.6 Å². The summed E-state index contributed by atoms with van der Waals surface area (Å²) < 4.78 is 32.5. The molecule has 1 aliphatic heterocycles. The molecule has 1 aliphatic carbocycles. The second-order valence-electron chi connectivity index (χ2n) is 9.64. The van der Waals surface area contributed by atoms with E-state index in [0.29, 0.717) is 25.0 Å². The summed E-state index contributed by atoms with van der Waals surface area (Å²) in [5, 5.41) is 11.0. The lowest BCUT2D eigenvalue weighted by atomic mass is 9.84. The van der Waals surface area contributed by atoms with Gasteiger partial charge in [0.15, 0.2) is 5.79 Å². The molecule has 3 aromatic rings. The molecule has 0 saturated carbocycles. The van der Waals surface area contributed by atoms with Gasteiger partial charge in [-0.3, -0.25) is 10.1 Å². The highest BCUT2D eigenvalue weighted by Crippen LogP contribution is 2.45. The molecule has 0 N–H and O–H groups in total. The quantitative estimate of drug-likeness (QED) is 0.252. The van der Waals surface area contributed by atoms with Gasteiger partial charge in [0.2, 0.25) is 0 Å². The van der Waals surface area contributed by atoms with E-state index in [0.717, 1.165) is 16.7 Å². The molecule has 0 aromatic heterocycles. The van der Waals surface area contributed by atoms with E-state index in [-0.39, 0.29) is 23.3 Å². The summed E-state index contributed by atoms with van der Waals surface area (Å²) in [6.07, 6.45) is 0.0267. The zero-order chi connectivity index (χ0) is 25.4. The Morgan fingerprint density at radius 1 is 1.08 bits per heavy atom. The van der Waals surface area contributed by atoms with Crippen LogP contribution in [0.1, 0.15) is 64.9 Å². The molecule has 1 fully saturated rings. The molecule has 0 unspecified atom stereocenters. The maximum atomic E-state index is 14.5. The third-order valence-electron chi connectivity index (χ3n) is 6.75. The predicted octanol–water partition coefficient (Wildman–Crippen LogP) is 5.86. The number of nitrogens with zero attached hydrogens (tertiary/aromatic N) is 1. The number of nitro groups is 1. The Labute approximate surface area is 208 Å². The first kappa shape index (κ1) is 24.1. The Hall–Kier alpha value is -3.62. The van der Waals surface area contributed by atoms with Crippen molar-refractivity contribution in [1.29, 1.82) is 0 Å². The topological polar surface area (TPSA) is 87.9 Å². The number of hydrogen-bond acceptors (Lipinski definition) is 6. The first-order valence-electron chi connectivity index (χ1n) is 11.8. The molecular weight excluding hydrogens is 465 g/mol. The molecule has 36 heavy (non-hydrogen) atoms. The van der Waals surface area contributed by atoms with Crippen LogP contribution in [0, 0.1) is 15.9 Å². The first-order valence-corrected chi connectivity index (χ1v) is 11.8. The Kier molecular flexibility index (Phi) is 6.32. The normalized spacial score (nSPS) is 22.2. The highest BCUT2D eigenvalue weighted by Gasteiger charge is 2.40. The third-order valence-corrected chi connectivity index (χ3v) is 6.75. The molecule has 0 spiro atoms. The molecule has 5 rings (SSSR count). The van der Waals surface area contributed by atoms with E-state index in [1.54, 1.807) is 6.07 Å². The molecule has 2 aliphatic rings. The van der Waals surface area contributed by atoms with Crippen LogP contribution in [0.15, 0.2) is 66.7 Å². The van der Waals surface area contributed by atoms with Gasteiger partial charge in [0.1, 0.15) is 11.9 Å². The monoisotopic (exact) mass is 491 g/mol. The summed E-state index contributed by atoms with van der Waals surface area (Å²) in [6.45, 7) is 4.10. The number of carbonyl (C=O) groups is 1. The molecule has 3 atom stereocenters. The third kappa shape index (κ3) is 4.87. The lowest BCUT2D eigenvalue weighted by Gasteiger charge is -2.30. The Morgan fingerprint density at radius 3 is 2.50 bits per heavy atom. The Bertz CT molecular complexity index is 1310. The summed E-state index contributed by atoms with van der Waals surface area (Å²) >= 11 is 0. The fourth-order valence-electron chi connectivity index (χ4n) is 5.09. The Balaban J connectivity index is 1.55. The van der Waals surface area contributed by atoms with E-state index in [1.165, 1.54) is 36.4 Å². The summed E-state index contributed by atoms with van der Waals surface area (Å²) in [6, 6.07) is 17.8. The number of nitro benzene ring substituents is 1. The van der Waals surface area contributed by atoms with Crippen LogP contribution in [0.3, 0.4) is 0 Å². The van der Waals surface area contributed by atoms with E-state index in [4.69, 9.17) is 14.2 Å². The van der Waals surface area contributed by atoms with Gasteiger partial charge in [-0.15, -0.1) is 0 Å². The van der Waals surface area contributed by atoms with Gasteiger partial charge < -0.3 is 14.2 Å². The van der Waals surface area contributed by atoms with Crippen LogP contribution < -0.4 is 0 Å². The number of benzene rings is 3. The average molecular weight is 492 g/mol. The van der Waals surface area contributed by atoms with Crippen molar-refractivity contribution in [1.82, 2.24) is 0 Å². The van der Waals surface area contributed by atoms with Crippen molar-refractivity contribution in [3.05, 3.63) is 110 Å². The van der Waals surface area contributed by atoms with Crippen LogP contribution in [-0.4, -0.2) is 29.4 Å². The lowest BCUT2D eigenvalue weighted by Crippen LogP contribution is -2.26. The number of hydrogen-bond donors (Lipinski definition) is 0. The largest absolute Gasteiger partial charge is 0.453 e. The standard InChI is InChI=1S/C28H26FNO6/c1-28(2)34-16-22(36-28)15-25-23-6-4-3-5-18(23)13-19-7-10-20(29)14-24(19)26(25)35-27(31)17-8-11-21(12-9-17)30(32)33/h3-12,14,22,25-26H,13,15-16H2,1-2H3/t22-,25-,26-/m1/s1. The maximum Gasteiger partial charge on any atom is 0.338 e. The van der Waals surface area contributed by atoms with Gasteiger partial charge in [0.25, 0.3) is 5.69 Å². The Morgan fingerprint density at radius 2 is 1.81 bits per heavy atom. The number of non-ortho nitro benzene ring substituents is 1. The summed E-state index contributed by atoms with van der Waals surface area (Å²) in [4.78, 5) is 23.7. The average Bonchev–Trinajstić information content (AvgIpc) is 3.14. The van der Waals surface area contributed by atoms with E-state index in [2.05, 4.69) is 0 Å². The lowest BCUT2D eigenvalue weighted by molar-refractivity contribution is -0.384. The van der Waals surface area contributed by atoms with E-state index in [9.17, 15) is 19.3 Å². The van der Waals surface area contributed by atoms with Gasteiger partial charge in [0, 0.05) is 18.1 Å². The van der Waals surface area contributed by atoms with Gasteiger partial charge in [0.05, 0.1) is 23.2 Å². The van der Waals surface area contributed by atoms with Crippen molar-refractivity contribution in [2.45, 2.75) is 50.6 Å². The number of esters is 1. The summed E-state index contributed by atoms with van der Waals surface area (Å²) in [5.74, 6) is -2.10. The highest BCUT2D eigenvalue weighted by atomic mass is 19.1. The molecule has 3 aromatic carbocycles. The van der Waals surface area contributed by atoms with Gasteiger partial charge in [-0.1, -0.05) is 30.3 Å². The van der Waals surface area contributed by atoms with Crippen LogP contribution in [0.25, 0.3) is 0 Å². The van der Waals surface area contributed by atoms with Crippen molar-refractivity contribution in [2.75, 3.05) is 6.61 Å². The van der Waals surface area contributed by atoms with Crippen LogP contribution in [0.5, 0.6) is 0 Å². The smallest absolute Gasteiger partial charge is 0.338 e. The maximum absolute atomic E-state index is 14.5. The zero-order valence-electron chi connectivity index (χ0n) is 20.0. The van der Waals surface area contributed by atoms with Crippen LogP contribution >= 0.6 is 0 Å². The minimum Gasteiger partial charge on any atom is -0.453 e. The highest BCUT2D eigenvalue weighted by molar-refractivity contribution is 5.90. The second kappa shape index (κ2) is 9.44. The molecule has 1 heterocycles. The van der Waals surface area contributed by atoms with Gasteiger partial charge >= 0.3 is 5.97 Å². The van der Waals surface area contributed by atoms with Crippen molar-refractivity contribution in [3.63, 3.8) is 0 Å². The molecule has 0 amide bonds. The van der Waals surface area contributed by atoms with Crippen molar-refractivity contribution >= 4 is 11.7 Å². The van der Waals surface area contributed by atoms with Crippen LogP contribution in [0.2, 0.25) is 0 Å². The van der Waals surface area contributed by atoms with Gasteiger partial charge in [-0.2, -0.15) is 0 Å². The molecule has 0 radical (unpaired) electrons. The molecule has 0 bridgehead atoms. The predicted molar refractivity (Wildman–Crippen MR) is 129 cm³/mol. The minimum atomic E-state index is -0.797. The zero-order valence-corrected chi connectivity index (χ0v) is 20.0. The van der Waals surface area contributed by atoms with Crippen molar-refractivity contribution in [2.24, 2.45) is 0 Å². The van der Waals surface area contributed by atoms with Crippen LogP contribution in [0.4, 0.5) is 10.1 Å². The van der Waals surface area contributed by atoms with E-state index >= 15 is 0 Å². The number of ether oxygens (including phenoxy) is 3. The molecule has 7 nitrogen and oxygen atoms in total. The van der Waals surface area contributed by atoms with Crippen LogP contribution in [-0.2, 0) is 20.6 Å². The van der Waals surface area contributed by atoms with Crippen molar-refractivity contribution < 1.29 is 28.3 Å². The first-order chi connectivity index (χ1) is 17.2. The van der Waals surface area contributed by atoms with Crippen molar-refractivity contribution in [3.8, 4) is 0 Å². The number of halogens is 1. The fourth-order valence-corrected chi connectivity index (χ4v) is 5.09. The molecular formula is C28H26FNO6. The summed E-state index contributed by atoms with van der Waals surface area (Å²) in [7, 11) is 0.